The summed E-state index contributed by atoms with van der Waals surface area (Å²) in [6.07, 6.45) is 2.30. The predicted molar refractivity (Wildman–Crippen MR) is 85.5 cm³/mol. The average Bonchev–Trinajstić information content (AvgIpc) is 2.86. The van der Waals surface area contributed by atoms with E-state index in [1.165, 1.54) is 22.0 Å². The highest BCUT2D eigenvalue weighted by Crippen LogP contribution is 2.34. The lowest BCUT2D eigenvalue weighted by molar-refractivity contribution is 0.480. The lowest BCUT2D eigenvalue weighted by atomic mass is 10.0. The Bertz CT molecular complexity index is 755. The van der Waals surface area contributed by atoms with Crippen molar-refractivity contribution >= 4 is 26.6 Å². The van der Waals surface area contributed by atoms with Crippen LogP contribution in [-0.2, 0) is 16.5 Å². The monoisotopic (exact) mass is 305 g/mol. The van der Waals surface area contributed by atoms with Crippen LogP contribution in [0.4, 0.5) is 5.69 Å². The third-order valence-corrected chi connectivity index (χ3v) is 4.87. The molecule has 0 bridgehead atoms. The van der Waals surface area contributed by atoms with Crippen LogP contribution in [0.2, 0.25) is 0 Å². The third-order valence-electron chi connectivity index (χ3n) is 4.07. The first-order valence-corrected chi connectivity index (χ1v) is 8.86. The molecule has 0 amide bonds. The Morgan fingerprint density at radius 3 is 2.71 bits per heavy atom. The van der Waals surface area contributed by atoms with Crippen LogP contribution in [0.15, 0.2) is 36.4 Å². The van der Waals surface area contributed by atoms with Gasteiger partial charge in [0.2, 0.25) is 0 Å². The summed E-state index contributed by atoms with van der Waals surface area (Å²) in [6.45, 7) is 1.82. The van der Waals surface area contributed by atoms with Crippen LogP contribution in [0.25, 0.3) is 10.8 Å². The number of nitrogens with zero attached hydrogens (tertiary/aromatic N) is 1. The van der Waals surface area contributed by atoms with Crippen LogP contribution in [0.3, 0.4) is 0 Å². The highest BCUT2D eigenvalue weighted by atomic mass is 32.2. The molecular formula is C16H19NO3S. The third kappa shape index (κ3) is 3.19. The first-order valence-electron chi connectivity index (χ1n) is 7.25. The zero-order chi connectivity index (χ0) is 14.9. The first kappa shape index (κ1) is 14.4. The van der Waals surface area contributed by atoms with Crippen LogP contribution in [0.5, 0.6) is 0 Å². The first-order chi connectivity index (χ1) is 10.0. The topological polar surface area (TPSA) is 57.6 Å². The molecule has 112 valence electrons. The van der Waals surface area contributed by atoms with Crippen molar-refractivity contribution in [2.75, 3.05) is 23.7 Å². The van der Waals surface area contributed by atoms with Gasteiger partial charge in [-0.25, -0.2) is 0 Å². The summed E-state index contributed by atoms with van der Waals surface area (Å²) < 4.78 is 30.2. The van der Waals surface area contributed by atoms with Crippen LogP contribution in [0, 0.1) is 0 Å². The van der Waals surface area contributed by atoms with Crippen LogP contribution in [-0.4, -0.2) is 31.8 Å². The second-order valence-electron chi connectivity index (χ2n) is 5.51. The lowest BCUT2D eigenvalue weighted by Crippen LogP contribution is -2.22. The van der Waals surface area contributed by atoms with Gasteiger partial charge in [-0.3, -0.25) is 4.55 Å². The number of hydrogen-bond donors (Lipinski definition) is 1. The van der Waals surface area contributed by atoms with Gasteiger partial charge in [0.15, 0.2) is 0 Å². The van der Waals surface area contributed by atoms with Crippen LogP contribution >= 0.6 is 0 Å². The highest BCUT2D eigenvalue weighted by molar-refractivity contribution is 7.85. The van der Waals surface area contributed by atoms with Crippen molar-refractivity contribution in [1.29, 1.82) is 0 Å². The normalized spacial score (nSPS) is 14.6. The van der Waals surface area contributed by atoms with Crippen LogP contribution in [0.1, 0.15) is 18.4 Å². The smallest absolute Gasteiger partial charge is 0.264 e. The quantitative estimate of drug-likeness (QED) is 0.681. The van der Waals surface area contributed by atoms with Gasteiger partial charge in [-0.1, -0.05) is 30.3 Å². The van der Waals surface area contributed by atoms with Gasteiger partial charge in [0.25, 0.3) is 10.1 Å². The van der Waals surface area contributed by atoms with Gasteiger partial charge < -0.3 is 4.90 Å². The molecule has 2 aromatic rings. The van der Waals surface area contributed by atoms with E-state index < -0.39 is 10.1 Å². The Hall–Kier alpha value is -1.59. The molecule has 1 heterocycles. The van der Waals surface area contributed by atoms with Gasteiger partial charge in [-0.05, 0) is 41.7 Å². The van der Waals surface area contributed by atoms with Crippen molar-refractivity contribution in [3.8, 4) is 0 Å². The number of rotatable bonds is 5. The summed E-state index contributed by atoms with van der Waals surface area (Å²) in [4.78, 5) is 2.31. The second kappa shape index (κ2) is 5.66. The number of benzene rings is 2. The SMILES string of the molecule is O=S(=O)(O)CCCCN1CCc2c1ccc1ccccc21. The molecular weight excluding hydrogens is 286 g/mol. The molecule has 0 saturated carbocycles. The molecule has 0 atom stereocenters. The van der Waals surface area contributed by atoms with Gasteiger partial charge in [0, 0.05) is 18.8 Å². The maximum Gasteiger partial charge on any atom is 0.264 e. The van der Waals surface area contributed by atoms with E-state index in [4.69, 9.17) is 4.55 Å². The summed E-state index contributed by atoms with van der Waals surface area (Å²) >= 11 is 0. The van der Waals surface area contributed by atoms with Gasteiger partial charge >= 0.3 is 0 Å². The summed E-state index contributed by atoms with van der Waals surface area (Å²) in [7, 11) is -3.83. The number of unbranched alkanes of at least 4 members (excludes halogenated alkanes) is 1. The molecule has 0 fully saturated rings. The largest absolute Gasteiger partial charge is 0.371 e. The molecule has 4 nitrogen and oxygen atoms in total. The molecule has 0 aliphatic carbocycles. The molecule has 0 radical (unpaired) electrons. The Morgan fingerprint density at radius 1 is 1.10 bits per heavy atom. The minimum Gasteiger partial charge on any atom is -0.371 e. The van der Waals surface area contributed by atoms with E-state index in [-0.39, 0.29) is 5.75 Å². The molecule has 1 aliphatic heterocycles. The fourth-order valence-corrected chi connectivity index (χ4v) is 3.64. The molecule has 2 aromatic carbocycles. The predicted octanol–water partition coefficient (Wildman–Crippen LogP) is 2.87. The molecule has 0 unspecified atom stereocenters. The summed E-state index contributed by atoms with van der Waals surface area (Å²) in [5.74, 6) is -0.147. The minimum atomic E-state index is -3.83. The Balaban J connectivity index is 1.71. The Kier molecular flexibility index (Phi) is 3.87. The average molecular weight is 305 g/mol. The van der Waals surface area contributed by atoms with E-state index in [1.54, 1.807) is 0 Å². The summed E-state index contributed by atoms with van der Waals surface area (Å²) in [5.41, 5.74) is 2.66. The van der Waals surface area contributed by atoms with Crippen molar-refractivity contribution < 1.29 is 13.0 Å². The van der Waals surface area contributed by atoms with Gasteiger partial charge in [-0.2, -0.15) is 8.42 Å². The summed E-state index contributed by atoms with van der Waals surface area (Å²) in [5, 5.41) is 2.58. The maximum atomic E-state index is 10.7. The van der Waals surface area contributed by atoms with Gasteiger partial charge in [-0.15, -0.1) is 0 Å². The molecule has 0 spiro atoms. The molecule has 0 aromatic heterocycles. The molecule has 0 saturated heterocycles. The van der Waals surface area contributed by atoms with E-state index in [0.29, 0.717) is 6.42 Å². The molecule has 1 aliphatic rings. The summed E-state index contributed by atoms with van der Waals surface area (Å²) in [6, 6.07) is 12.7. The minimum absolute atomic E-state index is 0.147. The van der Waals surface area contributed by atoms with E-state index in [1.807, 2.05) is 0 Å². The fraction of sp³-hybridized carbons (Fsp3) is 0.375. The molecule has 5 heteroatoms. The van der Waals surface area contributed by atoms with Crippen molar-refractivity contribution in [2.24, 2.45) is 0 Å². The van der Waals surface area contributed by atoms with Crippen LogP contribution < -0.4 is 4.90 Å². The Labute approximate surface area is 125 Å². The van der Waals surface area contributed by atoms with Crippen molar-refractivity contribution in [2.45, 2.75) is 19.3 Å². The van der Waals surface area contributed by atoms with E-state index in [9.17, 15) is 8.42 Å². The Morgan fingerprint density at radius 2 is 1.90 bits per heavy atom. The lowest BCUT2D eigenvalue weighted by Gasteiger charge is -2.19. The maximum absolute atomic E-state index is 10.7. The standard InChI is InChI=1S/C16H19NO3S/c18-21(19,20)12-4-3-10-17-11-9-15-14-6-2-1-5-13(14)7-8-16(15)17/h1-2,5-8H,3-4,9-12H2,(H,18,19,20). The van der Waals surface area contributed by atoms with E-state index >= 15 is 0 Å². The zero-order valence-corrected chi connectivity index (χ0v) is 12.6. The number of fused-ring (bicyclic) bond motifs is 3. The highest BCUT2D eigenvalue weighted by Gasteiger charge is 2.20. The molecule has 1 N–H and O–H groups in total. The second-order valence-corrected chi connectivity index (χ2v) is 7.09. The van der Waals surface area contributed by atoms with E-state index in [0.717, 1.165) is 25.9 Å². The van der Waals surface area contributed by atoms with Crippen molar-refractivity contribution in [3.63, 3.8) is 0 Å². The van der Waals surface area contributed by atoms with E-state index in [2.05, 4.69) is 41.3 Å². The van der Waals surface area contributed by atoms with Gasteiger partial charge in [0.05, 0.1) is 5.75 Å². The molecule has 21 heavy (non-hydrogen) atoms. The van der Waals surface area contributed by atoms with Gasteiger partial charge in [0.1, 0.15) is 0 Å². The number of hydrogen-bond acceptors (Lipinski definition) is 3. The number of anilines is 1. The van der Waals surface area contributed by atoms with Crippen molar-refractivity contribution in [1.82, 2.24) is 0 Å². The van der Waals surface area contributed by atoms with Crippen molar-refractivity contribution in [3.05, 3.63) is 42.0 Å². The molecule has 3 rings (SSSR count). The zero-order valence-electron chi connectivity index (χ0n) is 11.8. The fourth-order valence-electron chi connectivity index (χ4n) is 3.07.